The highest BCUT2D eigenvalue weighted by atomic mass is 14.7. The molecule has 0 atom stereocenters. The minimum Gasteiger partial charge on any atom is -0.361 e. The van der Waals surface area contributed by atoms with Crippen LogP contribution in [-0.2, 0) is 6.42 Å². The molecule has 2 aromatic rings. The first kappa shape index (κ1) is 12.8. The maximum absolute atomic E-state index is 3.34. The Balaban J connectivity index is 0.000000606. The molecule has 2 rings (SSSR count). The topological polar surface area (TPSA) is 15.8 Å². The lowest BCUT2D eigenvalue weighted by atomic mass is 10.0. The van der Waals surface area contributed by atoms with Gasteiger partial charge in [0.1, 0.15) is 0 Å². The summed E-state index contributed by atoms with van der Waals surface area (Å²) in [4.78, 5) is 3.34. The van der Waals surface area contributed by atoms with E-state index in [1.807, 2.05) is 13.8 Å². The molecular weight excluding hydrogens is 194 g/mol. The molecule has 0 spiro atoms. The molecule has 1 aromatic carbocycles. The molecule has 1 aromatic heterocycles. The van der Waals surface area contributed by atoms with E-state index in [9.17, 15) is 0 Å². The van der Waals surface area contributed by atoms with E-state index in [4.69, 9.17) is 0 Å². The van der Waals surface area contributed by atoms with Gasteiger partial charge in [-0.25, -0.2) is 0 Å². The first-order valence-corrected chi connectivity index (χ1v) is 6.32. The highest BCUT2D eigenvalue weighted by Gasteiger charge is 2.06. The Kier molecular flexibility index (Phi) is 4.60. The second-order valence-electron chi connectivity index (χ2n) is 4.13. The van der Waals surface area contributed by atoms with Gasteiger partial charge in [0.05, 0.1) is 0 Å². The molecule has 0 saturated carbocycles. The van der Waals surface area contributed by atoms with Crippen molar-refractivity contribution in [2.24, 2.45) is 0 Å². The molecule has 0 aliphatic carbocycles. The Labute approximate surface area is 98.9 Å². The van der Waals surface area contributed by atoms with Gasteiger partial charge in [0.2, 0.25) is 0 Å². The summed E-state index contributed by atoms with van der Waals surface area (Å²) in [6, 6.07) is 6.71. The van der Waals surface area contributed by atoms with Gasteiger partial charge in [-0.15, -0.1) is 0 Å². The number of hydrogen-bond donors (Lipinski definition) is 1. The zero-order valence-corrected chi connectivity index (χ0v) is 11.1. The molecule has 1 heterocycles. The lowest BCUT2D eigenvalue weighted by Gasteiger charge is -2.02. The minimum atomic E-state index is 0.594. The van der Waals surface area contributed by atoms with E-state index in [1.54, 1.807) is 0 Å². The standard InChI is InChI=1S/C13H17N.C2H6/c1-4-10-5-6-11-12(9(2)3)8-14-13(11)7-10;1-2/h5-9,14H,4H2,1-3H3;1-2H3. The van der Waals surface area contributed by atoms with Crippen LogP contribution in [0.4, 0.5) is 0 Å². The van der Waals surface area contributed by atoms with E-state index in [2.05, 4.69) is 50.2 Å². The summed E-state index contributed by atoms with van der Waals surface area (Å²) in [5.74, 6) is 0.594. The van der Waals surface area contributed by atoms with Crippen molar-refractivity contribution in [3.8, 4) is 0 Å². The molecule has 0 fully saturated rings. The maximum atomic E-state index is 3.34. The van der Waals surface area contributed by atoms with Gasteiger partial charge < -0.3 is 4.98 Å². The monoisotopic (exact) mass is 217 g/mol. The lowest BCUT2D eigenvalue weighted by molar-refractivity contribution is 0.875. The number of aryl methyl sites for hydroxylation is 1. The number of rotatable bonds is 2. The van der Waals surface area contributed by atoms with Crippen LogP contribution in [0.2, 0.25) is 0 Å². The first-order chi connectivity index (χ1) is 7.72. The van der Waals surface area contributed by atoms with Gasteiger partial charge in [-0.3, -0.25) is 0 Å². The number of nitrogens with one attached hydrogen (secondary N) is 1. The Morgan fingerprint density at radius 3 is 2.44 bits per heavy atom. The third kappa shape index (κ3) is 2.46. The van der Waals surface area contributed by atoms with E-state index in [0.29, 0.717) is 5.92 Å². The summed E-state index contributed by atoms with van der Waals surface area (Å²) in [5.41, 5.74) is 4.09. The average Bonchev–Trinajstić information content (AvgIpc) is 2.74. The summed E-state index contributed by atoms with van der Waals surface area (Å²) < 4.78 is 0. The molecule has 88 valence electrons. The van der Waals surface area contributed by atoms with Gasteiger partial charge in [-0.2, -0.15) is 0 Å². The predicted molar refractivity (Wildman–Crippen MR) is 73.1 cm³/mol. The van der Waals surface area contributed by atoms with Gasteiger partial charge in [0.25, 0.3) is 0 Å². The van der Waals surface area contributed by atoms with Crippen LogP contribution >= 0.6 is 0 Å². The van der Waals surface area contributed by atoms with Crippen molar-refractivity contribution >= 4 is 10.9 Å². The predicted octanol–water partition coefficient (Wildman–Crippen LogP) is 4.88. The van der Waals surface area contributed by atoms with E-state index >= 15 is 0 Å². The average molecular weight is 217 g/mol. The molecule has 0 aliphatic rings. The van der Waals surface area contributed by atoms with Crippen molar-refractivity contribution in [3.05, 3.63) is 35.5 Å². The quantitative estimate of drug-likeness (QED) is 0.738. The number of aromatic amines is 1. The maximum Gasteiger partial charge on any atom is 0.0459 e. The molecule has 0 saturated heterocycles. The van der Waals surface area contributed by atoms with Crippen LogP contribution in [0.5, 0.6) is 0 Å². The Bertz CT molecular complexity index is 438. The Morgan fingerprint density at radius 2 is 1.88 bits per heavy atom. The first-order valence-electron chi connectivity index (χ1n) is 6.32. The van der Waals surface area contributed by atoms with Crippen molar-refractivity contribution in [1.82, 2.24) is 4.98 Å². The molecule has 0 aliphatic heterocycles. The summed E-state index contributed by atoms with van der Waals surface area (Å²) in [6.07, 6.45) is 3.24. The summed E-state index contributed by atoms with van der Waals surface area (Å²) >= 11 is 0. The van der Waals surface area contributed by atoms with Gasteiger partial charge in [0.15, 0.2) is 0 Å². The van der Waals surface area contributed by atoms with Crippen LogP contribution in [0.3, 0.4) is 0 Å². The number of fused-ring (bicyclic) bond motifs is 1. The van der Waals surface area contributed by atoms with Gasteiger partial charge in [0, 0.05) is 17.1 Å². The summed E-state index contributed by atoms with van der Waals surface area (Å²) in [7, 11) is 0. The molecule has 1 N–H and O–H groups in total. The molecular formula is C15H23N. The molecule has 16 heavy (non-hydrogen) atoms. The Hall–Kier alpha value is -1.24. The van der Waals surface area contributed by atoms with Gasteiger partial charge in [-0.05, 0) is 29.5 Å². The van der Waals surface area contributed by atoms with Crippen molar-refractivity contribution in [2.75, 3.05) is 0 Å². The second-order valence-corrected chi connectivity index (χ2v) is 4.13. The minimum absolute atomic E-state index is 0.594. The van der Waals surface area contributed by atoms with Crippen LogP contribution in [-0.4, -0.2) is 4.98 Å². The molecule has 1 heteroatoms. The third-order valence-corrected chi connectivity index (χ3v) is 2.81. The fourth-order valence-electron chi connectivity index (χ4n) is 1.89. The molecule has 0 radical (unpaired) electrons. The lowest BCUT2D eigenvalue weighted by Crippen LogP contribution is -1.84. The molecule has 0 bridgehead atoms. The fourth-order valence-corrected chi connectivity index (χ4v) is 1.89. The van der Waals surface area contributed by atoms with E-state index in [0.717, 1.165) is 6.42 Å². The van der Waals surface area contributed by atoms with Crippen LogP contribution in [0.1, 0.15) is 51.7 Å². The largest absolute Gasteiger partial charge is 0.361 e. The van der Waals surface area contributed by atoms with Crippen molar-refractivity contribution in [2.45, 2.75) is 47.0 Å². The number of benzene rings is 1. The highest BCUT2D eigenvalue weighted by Crippen LogP contribution is 2.25. The normalized spacial score (nSPS) is 10.4. The zero-order chi connectivity index (χ0) is 12.1. The second kappa shape index (κ2) is 5.74. The SMILES string of the molecule is CC.CCc1ccc2c(C(C)C)c[nH]c2c1. The van der Waals surface area contributed by atoms with Crippen LogP contribution in [0, 0.1) is 0 Å². The Morgan fingerprint density at radius 1 is 1.19 bits per heavy atom. The smallest absolute Gasteiger partial charge is 0.0459 e. The fraction of sp³-hybridized carbons (Fsp3) is 0.467. The summed E-state index contributed by atoms with van der Waals surface area (Å²) in [5, 5.41) is 1.37. The molecule has 0 amide bonds. The number of hydrogen-bond acceptors (Lipinski definition) is 0. The van der Waals surface area contributed by atoms with E-state index in [-0.39, 0.29) is 0 Å². The van der Waals surface area contributed by atoms with Crippen LogP contribution < -0.4 is 0 Å². The van der Waals surface area contributed by atoms with Crippen LogP contribution in [0.15, 0.2) is 24.4 Å². The van der Waals surface area contributed by atoms with E-state index in [1.165, 1.54) is 22.0 Å². The van der Waals surface area contributed by atoms with E-state index < -0.39 is 0 Å². The van der Waals surface area contributed by atoms with Crippen molar-refractivity contribution in [1.29, 1.82) is 0 Å². The van der Waals surface area contributed by atoms with Crippen molar-refractivity contribution in [3.63, 3.8) is 0 Å². The van der Waals surface area contributed by atoms with Crippen molar-refractivity contribution < 1.29 is 0 Å². The van der Waals surface area contributed by atoms with Gasteiger partial charge >= 0.3 is 0 Å². The number of H-pyrrole nitrogens is 1. The zero-order valence-electron chi connectivity index (χ0n) is 11.1. The summed E-state index contributed by atoms with van der Waals surface area (Å²) in [6.45, 7) is 10.7. The molecule has 0 unspecified atom stereocenters. The van der Waals surface area contributed by atoms with Gasteiger partial charge in [-0.1, -0.05) is 46.8 Å². The molecule has 1 nitrogen and oxygen atoms in total. The van der Waals surface area contributed by atoms with Crippen LogP contribution in [0.25, 0.3) is 10.9 Å². The number of aromatic nitrogens is 1. The third-order valence-electron chi connectivity index (χ3n) is 2.81. The highest BCUT2D eigenvalue weighted by molar-refractivity contribution is 5.84.